The summed E-state index contributed by atoms with van der Waals surface area (Å²) in [6, 6.07) is 17.1. The molecular formula is C22H24N6O2. The Morgan fingerprint density at radius 1 is 0.967 bits per heavy atom. The van der Waals surface area contributed by atoms with Gasteiger partial charge in [-0.25, -0.2) is 4.98 Å². The molecule has 0 spiro atoms. The van der Waals surface area contributed by atoms with Gasteiger partial charge in [-0.2, -0.15) is 0 Å². The summed E-state index contributed by atoms with van der Waals surface area (Å²) in [4.78, 5) is 21.0. The molecule has 1 N–H and O–H groups in total. The molecule has 0 radical (unpaired) electrons. The summed E-state index contributed by atoms with van der Waals surface area (Å²) in [5.74, 6) is 3.03. The fraction of sp³-hybridized carbons (Fsp3) is 0.273. The predicted molar refractivity (Wildman–Crippen MR) is 115 cm³/mol. The van der Waals surface area contributed by atoms with Crippen molar-refractivity contribution in [1.29, 1.82) is 0 Å². The lowest BCUT2D eigenvalue weighted by molar-refractivity contribution is -0.130. The summed E-state index contributed by atoms with van der Waals surface area (Å²) in [5, 5.41) is 11.7. The lowest BCUT2D eigenvalue weighted by atomic mass is 10.1. The van der Waals surface area contributed by atoms with Gasteiger partial charge >= 0.3 is 0 Å². The van der Waals surface area contributed by atoms with Crippen molar-refractivity contribution in [2.45, 2.75) is 6.42 Å². The summed E-state index contributed by atoms with van der Waals surface area (Å²) >= 11 is 0. The molecule has 1 amide bonds. The van der Waals surface area contributed by atoms with Crippen LogP contribution < -0.4 is 15.0 Å². The molecule has 1 saturated heterocycles. The first-order valence-corrected chi connectivity index (χ1v) is 9.89. The topological polar surface area (TPSA) is 83.5 Å². The minimum Gasteiger partial charge on any atom is -0.496 e. The Hall–Kier alpha value is -3.68. The van der Waals surface area contributed by atoms with Gasteiger partial charge in [-0.05, 0) is 30.3 Å². The van der Waals surface area contributed by atoms with Crippen LogP contribution in [0.5, 0.6) is 5.75 Å². The van der Waals surface area contributed by atoms with Crippen LogP contribution >= 0.6 is 0 Å². The van der Waals surface area contributed by atoms with Gasteiger partial charge in [0.2, 0.25) is 5.91 Å². The van der Waals surface area contributed by atoms with Gasteiger partial charge in [0.05, 0.1) is 13.5 Å². The molecular weight excluding hydrogens is 380 g/mol. The van der Waals surface area contributed by atoms with E-state index in [0.717, 1.165) is 36.0 Å². The van der Waals surface area contributed by atoms with E-state index in [1.54, 1.807) is 13.3 Å². The van der Waals surface area contributed by atoms with Crippen LogP contribution in [0.2, 0.25) is 0 Å². The van der Waals surface area contributed by atoms with Crippen molar-refractivity contribution in [2.24, 2.45) is 0 Å². The molecule has 1 fully saturated rings. The van der Waals surface area contributed by atoms with E-state index < -0.39 is 0 Å². The number of carbonyl (C=O) groups is 1. The molecule has 3 heterocycles. The zero-order valence-electron chi connectivity index (χ0n) is 16.9. The number of benzene rings is 1. The lowest BCUT2D eigenvalue weighted by Gasteiger charge is -2.35. The van der Waals surface area contributed by atoms with Crippen molar-refractivity contribution < 1.29 is 9.53 Å². The second-order valence-electron chi connectivity index (χ2n) is 6.97. The minimum atomic E-state index is 0.111. The van der Waals surface area contributed by atoms with Crippen molar-refractivity contribution in [3.05, 3.63) is 66.4 Å². The van der Waals surface area contributed by atoms with Gasteiger partial charge in [-0.15, -0.1) is 10.2 Å². The molecule has 3 aromatic rings. The normalized spacial score (nSPS) is 13.8. The molecule has 0 atom stereocenters. The van der Waals surface area contributed by atoms with Gasteiger partial charge in [-0.1, -0.05) is 24.3 Å². The van der Waals surface area contributed by atoms with E-state index in [-0.39, 0.29) is 5.91 Å². The molecule has 0 saturated carbocycles. The van der Waals surface area contributed by atoms with Crippen LogP contribution in [-0.2, 0) is 11.2 Å². The van der Waals surface area contributed by atoms with E-state index in [0.29, 0.717) is 25.3 Å². The van der Waals surface area contributed by atoms with E-state index >= 15 is 0 Å². The molecule has 1 aromatic carbocycles. The summed E-state index contributed by atoms with van der Waals surface area (Å²) < 4.78 is 5.35. The van der Waals surface area contributed by atoms with Crippen LogP contribution in [-0.4, -0.2) is 59.3 Å². The highest BCUT2D eigenvalue weighted by atomic mass is 16.5. The van der Waals surface area contributed by atoms with Crippen molar-refractivity contribution in [1.82, 2.24) is 20.1 Å². The average Bonchev–Trinajstić information content (AvgIpc) is 2.81. The largest absolute Gasteiger partial charge is 0.496 e. The number of anilines is 3. The van der Waals surface area contributed by atoms with Crippen LogP contribution in [0.25, 0.3) is 0 Å². The van der Waals surface area contributed by atoms with E-state index in [9.17, 15) is 4.79 Å². The smallest absolute Gasteiger partial charge is 0.227 e. The van der Waals surface area contributed by atoms with Crippen LogP contribution in [0.4, 0.5) is 17.5 Å². The van der Waals surface area contributed by atoms with Crippen molar-refractivity contribution >= 4 is 23.4 Å². The third-order valence-electron chi connectivity index (χ3n) is 5.06. The number of ether oxygens (including phenoxy) is 1. The number of hydrogen-bond acceptors (Lipinski definition) is 7. The number of methoxy groups -OCH3 is 1. The summed E-state index contributed by atoms with van der Waals surface area (Å²) in [5.41, 5.74) is 0.911. The van der Waals surface area contributed by atoms with Gasteiger partial charge in [0.25, 0.3) is 0 Å². The van der Waals surface area contributed by atoms with Crippen LogP contribution in [0, 0.1) is 0 Å². The summed E-state index contributed by atoms with van der Waals surface area (Å²) in [6.45, 7) is 2.76. The SMILES string of the molecule is COc1ccccc1CC(=O)N1CCN(c2ccc(Nc3ccccn3)nn2)CC1. The predicted octanol–water partition coefficient (Wildman–Crippen LogP) is 2.52. The Morgan fingerprint density at radius 3 is 2.47 bits per heavy atom. The van der Waals surface area contributed by atoms with Crippen molar-refractivity contribution in [2.75, 3.05) is 43.5 Å². The van der Waals surface area contributed by atoms with Gasteiger partial charge < -0.3 is 19.9 Å². The molecule has 8 nitrogen and oxygen atoms in total. The molecule has 0 aliphatic carbocycles. The zero-order valence-corrected chi connectivity index (χ0v) is 16.9. The molecule has 0 bridgehead atoms. The maximum absolute atomic E-state index is 12.7. The highest BCUT2D eigenvalue weighted by Crippen LogP contribution is 2.20. The highest BCUT2D eigenvalue weighted by molar-refractivity contribution is 5.79. The standard InChI is InChI=1S/C22H24N6O2/c1-30-18-7-3-2-6-17(18)16-22(29)28-14-12-27(13-15-28)21-10-9-20(25-26-21)24-19-8-4-5-11-23-19/h2-11H,12-16H2,1H3,(H,23,24,25). The first-order chi connectivity index (χ1) is 14.7. The van der Waals surface area contributed by atoms with E-state index in [4.69, 9.17) is 4.74 Å². The number of nitrogens with zero attached hydrogens (tertiary/aromatic N) is 5. The number of pyridine rings is 1. The van der Waals surface area contributed by atoms with E-state index in [2.05, 4.69) is 25.4 Å². The summed E-state index contributed by atoms with van der Waals surface area (Å²) in [7, 11) is 1.63. The molecule has 154 valence electrons. The Morgan fingerprint density at radius 2 is 1.77 bits per heavy atom. The Balaban J connectivity index is 1.31. The number of carbonyl (C=O) groups excluding carboxylic acids is 1. The molecule has 2 aromatic heterocycles. The number of rotatable bonds is 6. The van der Waals surface area contributed by atoms with Gasteiger partial charge in [0.1, 0.15) is 11.6 Å². The Labute approximate surface area is 175 Å². The molecule has 1 aliphatic heterocycles. The van der Waals surface area contributed by atoms with Gasteiger partial charge in [0.15, 0.2) is 11.6 Å². The third-order valence-corrected chi connectivity index (χ3v) is 5.06. The first kappa shape index (κ1) is 19.6. The van der Waals surface area contributed by atoms with Crippen molar-refractivity contribution in [3.63, 3.8) is 0 Å². The molecule has 4 rings (SSSR count). The molecule has 8 heteroatoms. The Bertz CT molecular complexity index is 972. The monoisotopic (exact) mass is 404 g/mol. The third kappa shape index (κ3) is 4.65. The van der Waals surface area contributed by atoms with Crippen molar-refractivity contribution in [3.8, 4) is 5.75 Å². The number of aromatic nitrogens is 3. The van der Waals surface area contributed by atoms with E-state index in [1.807, 2.05) is 59.5 Å². The average molecular weight is 404 g/mol. The highest BCUT2D eigenvalue weighted by Gasteiger charge is 2.23. The number of hydrogen-bond donors (Lipinski definition) is 1. The maximum Gasteiger partial charge on any atom is 0.227 e. The van der Waals surface area contributed by atoms with Crippen LogP contribution in [0.15, 0.2) is 60.8 Å². The van der Waals surface area contributed by atoms with Crippen LogP contribution in [0.1, 0.15) is 5.56 Å². The molecule has 30 heavy (non-hydrogen) atoms. The lowest BCUT2D eigenvalue weighted by Crippen LogP contribution is -2.49. The second kappa shape index (κ2) is 9.21. The second-order valence-corrected chi connectivity index (χ2v) is 6.97. The first-order valence-electron chi connectivity index (χ1n) is 9.89. The number of para-hydroxylation sites is 1. The molecule has 0 unspecified atom stereocenters. The maximum atomic E-state index is 12.7. The fourth-order valence-electron chi connectivity index (χ4n) is 3.44. The van der Waals surface area contributed by atoms with Gasteiger partial charge in [0, 0.05) is 37.9 Å². The molecule has 1 aliphatic rings. The Kier molecular flexibility index (Phi) is 6.03. The number of piperazine rings is 1. The fourth-order valence-corrected chi connectivity index (χ4v) is 3.44. The number of amides is 1. The quantitative estimate of drug-likeness (QED) is 0.676. The minimum absolute atomic E-state index is 0.111. The zero-order chi connectivity index (χ0) is 20.8. The number of nitrogens with one attached hydrogen (secondary N) is 1. The van der Waals surface area contributed by atoms with Crippen LogP contribution in [0.3, 0.4) is 0 Å². The summed E-state index contributed by atoms with van der Waals surface area (Å²) in [6.07, 6.45) is 2.07. The van der Waals surface area contributed by atoms with Gasteiger partial charge in [-0.3, -0.25) is 4.79 Å². The van der Waals surface area contributed by atoms with E-state index in [1.165, 1.54) is 0 Å².